The number of aliphatic hydroxyl groups excluding tert-OH is 1. The zero-order valence-electron chi connectivity index (χ0n) is 6.66. The lowest BCUT2D eigenvalue weighted by Gasteiger charge is -1.91. The van der Waals surface area contributed by atoms with Crippen molar-refractivity contribution < 1.29 is 19.4 Å². The van der Waals surface area contributed by atoms with Gasteiger partial charge in [-0.3, -0.25) is 0 Å². The highest BCUT2D eigenvalue weighted by Gasteiger charge is 2.16. The third-order valence-corrected chi connectivity index (χ3v) is 0.850. The smallest absolute Gasteiger partial charge is 0.332 e. The van der Waals surface area contributed by atoms with Crippen molar-refractivity contribution in [2.75, 3.05) is 13.7 Å². The first-order chi connectivity index (χ1) is 5.07. The highest BCUT2D eigenvalue weighted by molar-refractivity contribution is 5.86. The van der Waals surface area contributed by atoms with E-state index in [-0.39, 0.29) is 5.97 Å². The van der Waals surface area contributed by atoms with E-state index in [2.05, 4.69) is 16.1 Å². The maximum atomic E-state index is 10.2. The van der Waals surface area contributed by atoms with E-state index in [4.69, 9.17) is 5.11 Å². The van der Waals surface area contributed by atoms with Gasteiger partial charge < -0.3 is 14.6 Å². The van der Waals surface area contributed by atoms with Gasteiger partial charge in [0.1, 0.15) is 6.61 Å². The second-order valence-electron chi connectivity index (χ2n) is 2.06. The minimum Gasteiger partial charge on any atom is -0.466 e. The average Bonchev–Trinajstić information content (AvgIpc) is 2.71. The summed E-state index contributed by atoms with van der Waals surface area (Å²) in [6, 6.07) is 0. The lowest BCUT2D eigenvalue weighted by atomic mass is 10.4. The molecule has 11 heavy (non-hydrogen) atoms. The molecule has 0 aliphatic carbocycles. The Kier molecular flexibility index (Phi) is 4.49. The summed E-state index contributed by atoms with van der Waals surface area (Å²) in [5, 5.41) is 7.94. The molecule has 1 N–H and O–H groups in total. The minimum absolute atomic E-state index is 0.347. The fourth-order valence-electron chi connectivity index (χ4n) is 0.217. The summed E-state index contributed by atoms with van der Waals surface area (Å²) < 4.78 is 8.54. The second kappa shape index (κ2) is 4.87. The van der Waals surface area contributed by atoms with Crippen LogP contribution in [0.4, 0.5) is 0 Å². The van der Waals surface area contributed by atoms with E-state index in [0.29, 0.717) is 12.2 Å². The van der Waals surface area contributed by atoms with Gasteiger partial charge in [-0.25, -0.2) is 4.79 Å². The zero-order chi connectivity index (χ0) is 8.85. The number of carbonyl (C=O) groups is 1. The SMILES string of the molecule is C=C(C)C(=O)OC.OC1CO1. The van der Waals surface area contributed by atoms with E-state index >= 15 is 0 Å². The molecule has 0 bridgehead atoms. The molecule has 1 saturated heterocycles. The number of epoxide rings is 1. The molecule has 0 aromatic carbocycles. The van der Waals surface area contributed by atoms with Gasteiger partial charge in [-0.1, -0.05) is 6.58 Å². The molecule has 1 atom stereocenters. The first-order valence-electron chi connectivity index (χ1n) is 3.11. The van der Waals surface area contributed by atoms with Crippen LogP contribution in [0.15, 0.2) is 12.2 Å². The van der Waals surface area contributed by atoms with Crippen LogP contribution in [0.25, 0.3) is 0 Å². The third kappa shape index (κ3) is 7.02. The number of hydrogen-bond donors (Lipinski definition) is 1. The van der Waals surface area contributed by atoms with E-state index in [0.717, 1.165) is 0 Å². The van der Waals surface area contributed by atoms with Crippen LogP contribution in [0.2, 0.25) is 0 Å². The largest absolute Gasteiger partial charge is 0.466 e. The number of hydrogen-bond acceptors (Lipinski definition) is 4. The van der Waals surface area contributed by atoms with Gasteiger partial charge in [0.05, 0.1) is 7.11 Å². The van der Waals surface area contributed by atoms with Gasteiger partial charge in [0, 0.05) is 5.57 Å². The standard InChI is InChI=1S/C5H8O2.C2H4O2/c1-4(2)5(6)7-3;3-2-1-4-2/h1H2,2-3H3;2-3H,1H2. The van der Waals surface area contributed by atoms with Gasteiger partial charge in [0.2, 0.25) is 0 Å². The quantitative estimate of drug-likeness (QED) is 0.335. The van der Waals surface area contributed by atoms with Crippen molar-refractivity contribution in [2.24, 2.45) is 0 Å². The summed E-state index contributed by atoms with van der Waals surface area (Å²) in [5.74, 6) is -0.347. The van der Waals surface area contributed by atoms with Gasteiger partial charge in [0.15, 0.2) is 6.29 Å². The summed E-state index contributed by atoms with van der Waals surface area (Å²) >= 11 is 0. The van der Waals surface area contributed by atoms with Gasteiger partial charge in [0.25, 0.3) is 0 Å². The number of ether oxygens (including phenoxy) is 2. The Hall–Kier alpha value is -0.870. The van der Waals surface area contributed by atoms with Crippen molar-refractivity contribution in [3.63, 3.8) is 0 Å². The first kappa shape index (κ1) is 10.1. The summed E-state index contributed by atoms with van der Waals surface area (Å²) in [6.07, 6.45) is -0.417. The lowest BCUT2D eigenvalue weighted by molar-refractivity contribution is -0.136. The van der Waals surface area contributed by atoms with Crippen molar-refractivity contribution in [3.8, 4) is 0 Å². The molecule has 0 aromatic heterocycles. The number of aliphatic hydroxyl groups is 1. The monoisotopic (exact) mass is 160 g/mol. The van der Waals surface area contributed by atoms with E-state index in [1.165, 1.54) is 7.11 Å². The molecule has 1 rings (SSSR count). The summed E-state index contributed by atoms with van der Waals surface area (Å²) in [5.41, 5.74) is 0.433. The van der Waals surface area contributed by atoms with Gasteiger partial charge in [-0.2, -0.15) is 0 Å². The third-order valence-electron chi connectivity index (χ3n) is 0.850. The van der Waals surface area contributed by atoms with E-state index in [1.54, 1.807) is 6.92 Å². The van der Waals surface area contributed by atoms with Crippen LogP contribution in [0.3, 0.4) is 0 Å². The normalized spacial score (nSPS) is 19.4. The molecule has 0 radical (unpaired) electrons. The van der Waals surface area contributed by atoms with Gasteiger partial charge in [-0.05, 0) is 6.92 Å². The Balaban J connectivity index is 0.000000207. The van der Waals surface area contributed by atoms with Crippen LogP contribution in [-0.2, 0) is 14.3 Å². The molecule has 4 nitrogen and oxygen atoms in total. The fraction of sp³-hybridized carbons (Fsp3) is 0.571. The molecule has 0 saturated carbocycles. The molecule has 1 aliphatic rings. The van der Waals surface area contributed by atoms with Crippen molar-refractivity contribution in [3.05, 3.63) is 12.2 Å². The molecular weight excluding hydrogens is 148 g/mol. The molecule has 0 aromatic rings. The van der Waals surface area contributed by atoms with Crippen molar-refractivity contribution in [1.82, 2.24) is 0 Å². The number of esters is 1. The Morgan fingerprint density at radius 2 is 2.18 bits per heavy atom. The van der Waals surface area contributed by atoms with Crippen LogP contribution in [0.5, 0.6) is 0 Å². The van der Waals surface area contributed by atoms with Crippen LogP contribution in [0, 0.1) is 0 Å². The van der Waals surface area contributed by atoms with Crippen LogP contribution >= 0.6 is 0 Å². The number of carbonyl (C=O) groups excluding carboxylic acids is 1. The number of rotatable bonds is 1. The maximum Gasteiger partial charge on any atom is 0.332 e. The van der Waals surface area contributed by atoms with E-state index in [9.17, 15) is 4.79 Å². The molecule has 1 unspecified atom stereocenters. The highest BCUT2D eigenvalue weighted by Crippen LogP contribution is 2.00. The van der Waals surface area contributed by atoms with Crippen LogP contribution < -0.4 is 0 Å². The Labute approximate surface area is 65.4 Å². The van der Waals surface area contributed by atoms with Crippen molar-refractivity contribution in [1.29, 1.82) is 0 Å². The summed E-state index contributed by atoms with van der Waals surface area (Å²) in [6.45, 7) is 5.50. The summed E-state index contributed by atoms with van der Waals surface area (Å²) in [7, 11) is 1.33. The molecular formula is C7H12O4. The van der Waals surface area contributed by atoms with Crippen LogP contribution in [0.1, 0.15) is 6.92 Å². The molecule has 1 aliphatic heterocycles. The van der Waals surface area contributed by atoms with E-state index < -0.39 is 6.29 Å². The average molecular weight is 160 g/mol. The van der Waals surface area contributed by atoms with Crippen molar-refractivity contribution >= 4 is 5.97 Å². The molecule has 4 heteroatoms. The van der Waals surface area contributed by atoms with Gasteiger partial charge in [-0.15, -0.1) is 0 Å². The lowest BCUT2D eigenvalue weighted by Crippen LogP contribution is -1.98. The Morgan fingerprint density at radius 1 is 1.82 bits per heavy atom. The molecule has 64 valence electrons. The second-order valence-corrected chi connectivity index (χ2v) is 2.06. The van der Waals surface area contributed by atoms with Gasteiger partial charge >= 0.3 is 5.97 Å². The summed E-state index contributed by atoms with van der Waals surface area (Å²) in [4.78, 5) is 10.2. The maximum absolute atomic E-state index is 10.2. The van der Waals surface area contributed by atoms with Crippen LogP contribution in [-0.4, -0.2) is 31.1 Å². The highest BCUT2D eigenvalue weighted by atomic mass is 16.7. The topological polar surface area (TPSA) is 59.1 Å². The molecule has 0 amide bonds. The zero-order valence-corrected chi connectivity index (χ0v) is 6.66. The predicted octanol–water partition coefficient (Wildman–Crippen LogP) is 0.0705. The first-order valence-corrected chi connectivity index (χ1v) is 3.11. The molecule has 1 fully saturated rings. The Morgan fingerprint density at radius 3 is 2.18 bits per heavy atom. The minimum atomic E-state index is -0.417. The molecule has 1 heterocycles. The molecule has 0 spiro atoms. The fourth-order valence-corrected chi connectivity index (χ4v) is 0.217. The number of methoxy groups -OCH3 is 1. The van der Waals surface area contributed by atoms with Crippen molar-refractivity contribution in [2.45, 2.75) is 13.2 Å². The van der Waals surface area contributed by atoms with E-state index in [1.807, 2.05) is 0 Å². The predicted molar refractivity (Wildman–Crippen MR) is 38.8 cm³/mol. The Bertz CT molecular complexity index is 149.